The molecule has 0 heterocycles. The van der Waals surface area contributed by atoms with Crippen molar-refractivity contribution in [1.82, 2.24) is 0 Å². The highest BCUT2D eigenvalue weighted by Crippen LogP contribution is 2.21. The quantitative estimate of drug-likeness (QED) is 0.788. The lowest BCUT2D eigenvalue weighted by molar-refractivity contribution is -0.120. The summed E-state index contributed by atoms with van der Waals surface area (Å²) in [5, 5.41) is 8.91. The zero-order valence-corrected chi connectivity index (χ0v) is 9.04. The van der Waals surface area contributed by atoms with Crippen LogP contribution in [0.5, 0.6) is 5.75 Å². The molecular weight excluding hydrogens is 214 g/mol. The van der Waals surface area contributed by atoms with E-state index in [0.717, 1.165) is 5.56 Å². The van der Waals surface area contributed by atoms with Crippen molar-refractivity contribution in [3.63, 3.8) is 0 Å². The number of nitriles is 1. The van der Waals surface area contributed by atoms with Crippen molar-refractivity contribution >= 4 is 17.4 Å². The number of nitrogens with zero attached hydrogens (tertiary/aromatic N) is 1. The number of Topliss-reactive ketones (excluding diaryl/α,β-unsaturated/α-hetero) is 1. The molecule has 0 spiro atoms. The monoisotopic (exact) mass is 223 g/mol. The second-order valence-electron chi connectivity index (χ2n) is 3.07. The molecule has 0 aromatic heterocycles. The number of aryl methyl sites for hydroxylation is 1. The molecule has 0 saturated heterocycles. The van der Waals surface area contributed by atoms with E-state index >= 15 is 0 Å². The molecule has 0 fully saturated rings. The number of rotatable bonds is 4. The maximum absolute atomic E-state index is 11.0. The summed E-state index contributed by atoms with van der Waals surface area (Å²) in [4.78, 5) is 11.0. The maximum atomic E-state index is 11.0. The highest BCUT2D eigenvalue weighted by atomic mass is 35.5. The molecule has 15 heavy (non-hydrogen) atoms. The molecule has 0 amide bonds. The topological polar surface area (TPSA) is 50.1 Å². The van der Waals surface area contributed by atoms with Gasteiger partial charge in [-0.15, -0.1) is 0 Å². The van der Waals surface area contributed by atoms with Crippen LogP contribution in [0.1, 0.15) is 12.0 Å². The minimum Gasteiger partial charge on any atom is -0.486 e. The fraction of sp³-hybridized carbons (Fsp3) is 0.273. The van der Waals surface area contributed by atoms with E-state index in [-0.39, 0.29) is 18.8 Å². The van der Waals surface area contributed by atoms with Crippen LogP contribution in [0.4, 0.5) is 0 Å². The fourth-order valence-corrected chi connectivity index (χ4v) is 1.30. The van der Waals surface area contributed by atoms with Crippen LogP contribution in [-0.4, -0.2) is 12.4 Å². The predicted octanol–water partition coefficient (Wildman–Crippen LogP) is 2.51. The van der Waals surface area contributed by atoms with Gasteiger partial charge in [0.15, 0.2) is 5.78 Å². The van der Waals surface area contributed by atoms with Crippen LogP contribution in [0.15, 0.2) is 18.2 Å². The second-order valence-corrected chi connectivity index (χ2v) is 3.51. The first-order valence-electron chi connectivity index (χ1n) is 4.41. The van der Waals surface area contributed by atoms with Crippen LogP contribution < -0.4 is 4.74 Å². The molecule has 0 bridgehead atoms. The fourth-order valence-electron chi connectivity index (χ4n) is 1.07. The number of halogens is 1. The number of carbonyl (C=O) groups is 1. The van der Waals surface area contributed by atoms with E-state index in [2.05, 4.69) is 0 Å². The molecule has 0 saturated carbocycles. The van der Waals surface area contributed by atoms with E-state index in [9.17, 15) is 4.79 Å². The van der Waals surface area contributed by atoms with Crippen molar-refractivity contribution in [2.24, 2.45) is 0 Å². The molecule has 0 unspecified atom stereocenters. The van der Waals surface area contributed by atoms with Crippen LogP contribution in [0, 0.1) is 18.3 Å². The van der Waals surface area contributed by atoms with E-state index in [4.69, 9.17) is 21.6 Å². The van der Waals surface area contributed by atoms with E-state index in [1.165, 1.54) is 0 Å². The number of benzene rings is 1. The Hall–Kier alpha value is -1.53. The molecule has 3 nitrogen and oxygen atoms in total. The second kappa shape index (κ2) is 5.38. The third-order valence-corrected chi connectivity index (χ3v) is 2.04. The van der Waals surface area contributed by atoms with Gasteiger partial charge in [-0.1, -0.05) is 11.6 Å². The molecule has 78 valence electrons. The summed E-state index contributed by atoms with van der Waals surface area (Å²) in [6, 6.07) is 6.93. The molecule has 4 heteroatoms. The van der Waals surface area contributed by atoms with Crippen molar-refractivity contribution in [2.45, 2.75) is 13.3 Å². The normalized spacial score (nSPS) is 9.40. The summed E-state index contributed by atoms with van der Waals surface area (Å²) in [6.07, 6.45) is -0.118. The van der Waals surface area contributed by atoms with Gasteiger partial charge in [-0.25, -0.2) is 0 Å². The van der Waals surface area contributed by atoms with Gasteiger partial charge in [0, 0.05) is 5.02 Å². The lowest BCUT2D eigenvalue weighted by Gasteiger charge is -2.07. The van der Waals surface area contributed by atoms with Gasteiger partial charge in [0.1, 0.15) is 12.4 Å². The van der Waals surface area contributed by atoms with Crippen LogP contribution in [-0.2, 0) is 4.79 Å². The molecule has 0 aliphatic carbocycles. The lowest BCUT2D eigenvalue weighted by atomic mass is 10.2. The number of ether oxygens (including phenoxy) is 1. The lowest BCUT2D eigenvalue weighted by Crippen LogP contribution is -2.10. The molecule has 0 atom stereocenters. The smallest absolute Gasteiger partial charge is 0.184 e. The Morgan fingerprint density at radius 2 is 2.33 bits per heavy atom. The number of carbonyl (C=O) groups excluding carboxylic acids is 1. The summed E-state index contributed by atoms with van der Waals surface area (Å²) in [7, 11) is 0. The molecule has 0 aliphatic heterocycles. The molecular formula is C11H10ClNO2. The summed E-state index contributed by atoms with van der Waals surface area (Å²) >= 11 is 5.76. The first kappa shape index (κ1) is 11.5. The standard InChI is InChI=1S/C11H10ClNO2/c1-8-6-9(12)2-3-11(8)15-7-10(14)4-5-13/h2-3,6H,4,7H2,1H3. The van der Waals surface area contributed by atoms with Crippen molar-refractivity contribution in [3.8, 4) is 11.8 Å². The third kappa shape index (κ3) is 3.61. The summed E-state index contributed by atoms with van der Waals surface area (Å²) in [5.74, 6) is 0.387. The number of hydrogen-bond acceptors (Lipinski definition) is 3. The highest BCUT2D eigenvalue weighted by molar-refractivity contribution is 6.30. The Kier molecular flexibility index (Phi) is 4.14. The average molecular weight is 224 g/mol. The van der Waals surface area contributed by atoms with Crippen LogP contribution in [0.2, 0.25) is 5.02 Å². The number of hydrogen-bond donors (Lipinski definition) is 0. The zero-order valence-electron chi connectivity index (χ0n) is 8.29. The van der Waals surface area contributed by atoms with Crippen molar-refractivity contribution in [1.29, 1.82) is 5.26 Å². The van der Waals surface area contributed by atoms with Gasteiger partial charge >= 0.3 is 0 Å². The summed E-state index contributed by atoms with van der Waals surface area (Å²) in [6.45, 7) is 1.77. The molecule has 1 aromatic carbocycles. The largest absolute Gasteiger partial charge is 0.486 e. The molecule has 0 aliphatic rings. The van der Waals surface area contributed by atoms with Crippen LogP contribution in [0.3, 0.4) is 0 Å². The van der Waals surface area contributed by atoms with E-state index in [1.807, 2.05) is 6.92 Å². The maximum Gasteiger partial charge on any atom is 0.184 e. The zero-order chi connectivity index (χ0) is 11.3. The molecule has 0 N–H and O–H groups in total. The first-order valence-corrected chi connectivity index (χ1v) is 4.79. The van der Waals surface area contributed by atoms with Gasteiger partial charge in [0.05, 0.1) is 12.5 Å². The van der Waals surface area contributed by atoms with E-state index in [0.29, 0.717) is 10.8 Å². The van der Waals surface area contributed by atoms with Gasteiger partial charge in [-0.05, 0) is 30.7 Å². The Morgan fingerprint density at radius 3 is 2.93 bits per heavy atom. The highest BCUT2D eigenvalue weighted by Gasteiger charge is 2.04. The van der Waals surface area contributed by atoms with Gasteiger partial charge in [0.2, 0.25) is 0 Å². The SMILES string of the molecule is Cc1cc(Cl)ccc1OCC(=O)CC#N. The average Bonchev–Trinajstić information content (AvgIpc) is 2.17. The minimum atomic E-state index is -0.230. The predicted molar refractivity (Wildman–Crippen MR) is 56.9 cm³/mol. The summed E-state index contributed by atoms with van der Waals surface area (Å²) in [5.41, 5.74) is 0.868. The minimum absolute atomic E-state index is 0.0734. The summed E-state index contributed by atoms with van der Waals surface area (Å²) < 4.78 is 5.25. The van der Waals surface area contributed by atoms with Crippen molar-refractivity contribution in [3.05, 3.63) is 28.8 Å². The van der Waals surface area contributed by atoms with Crippen molar-refractivity contribution < 1.29 is 9.53 Å². The van der Waals surface area contributed by atoms with E-state index < -0.39 is 0 Å². The van der Waals surface area contributed by atoms with Gasteiger partial charge < -0.3 is 4.74 Å². The Bertz CT molecular complexity index is 410. The van der Waals surface area contributed by atoms with Crippen LogP contribution in [0.25, 0.3) is 0 Å². The Balaban J connectivity index is 2.59. The third-order valence-electron chi connectivity index (χ3n) is 1.80. The van der Waals surface area contributed by atoms with Gasteiger partial charge in [0.25, 0.3) is 0 Å². The van der Waals surface area contributed by atoms with Crippen LogP contribution >= 0.6 is 11.6 Å². The number of ketones is 1. The Morgan fingerprint density at radius 1 is 1.60 bits per heavy atom. The molecule has 1 rings (SSSR count). The first-order chi connectivity index (χ1) is 7.13. The van der Waals surface area contributed by atoms with E-state index in [1.54, 1.807) is 24.3 Å². The van der Waals surface area contributed by atoms with Gasteiger partial charge in [-0.2, -0.15) is 5.26 Å². The Labute approximate surface area is 93.2 Å². The van der Waals surface area contributed by atoms with Crippen molar-refractivity contribution in [2.75, 3.05) is 6.61 Å². The molecule has 1 aromatic rings. The van der Waals surface area contributed by atoms with Gasteiger partial charge in [-0.3, -0.25) is 4.79 Å². The molecule has 0 radical (unpaired) electrons.